The number of imidazole rings is 1. The van der Waals surface area contributed by atoms with E-state index in [4.69, 9.17) is 4.42 Å². The van der Waals surface area contributed by atoms with Crippen LogP contribution in [0.1, 0.15) is 31.0 Å². The quantitative estimate of drug-likeness (QED) is 0.754. The largest absolute Gasteiger partial charge is 0.459 e. The van der Waals surface area contributed by atoms with Gasteiger partial charge in [-0.05, 0) is 12.6 Å². The molecule has 1 aromatic carbocycles. The number of hydrogen-bond acceptors (Lipinski definition) is 3. The third-order valence-electron chi connectivity index (χ3n) is 3.77. The number of nitrogens with one attached hydrogen (secondary N) is 1. The van der Waals surface area contributed by atoms with Crippen molar-refractivity contribution in [3.05, 3.63) is 53.8 Å². The van der Waals surface area contributed by atoms with Gasteiger partial charge >= 0.3 is 0 Å². The molecular weight excluding hydrogens is 262 g/mol. The van der Waals surface area contributed by atoms with Gasteiger partial charge in [-0.3, -0.25) is 0 Å². The van der Waals surface area contributed by atoms with Crippen molar-refractivity contribution in [1.29, 1.82) is 0 Å². The van der Waals surface area contributed by atoms with Crippen molar-refractivity contribution in [3.8, 4) is 0 Å². The van der Waals surface area contributed by atoms with Crippen LogP contribution in [0.15, 0.2) is 41.1 Å². The average molecular weight is 283 g/mol. The minimum Gasteiger partial charge on any atom is -0.459 e. The topological polar surface area (TPSA) is 43.0 Å². The fourth-order valence-corrected chi connectivity index (χ4v) is 2.67. The lowest BCUT2D eigenvalue weighted by molar-refractivity contribution is 0.512. The van der Waals surface area contributed by atoms with Crippen molar-refractivity contribution < 1.29 is 4.42 Å². The van der Waals surface area contributed by atoms with Gasteiger partial charge in [0.2, 0.25) is 0 Å². The Morgan fingerprint density at radius 3 is 2.90 bits per heavy atom. The predicted molar refractivity (Wildman–Crippen MR) is 84.3 cm³/mol. The van der Waals surface area contributed by atoms with Crippen molar-refractivity contribution in [3.63, 3.8) is 0 Å². The summed E-state index contributed by atoms with van der Waals surface area (Å²) in [6.45, 7) is 6.76. The molecule has 3 aromatic rings. The van der Waals surface area contributed by atoms with Crippen LogP contribution in [0.4, 0.5) is 0 Å². The maximum Gasteiger partial charge on any atom is 0.134 e. The van der Waals surface area contributed by atoms with Gasteiger partial charge < -0.3 is 14.3 Å². The number of aryl methyl sites for hydroxylation is 1. The van der Waals surface area contributed by atoms with E-state index in [0.717, 1.165) is 43.2 Å². The SMILES string of the molecule is CCNCc1c(Cn2ccnc2CC)oc2ccccc12. The van der Waals surface area contributed by atoms with Gasteiger partial charge in [0, 0.05) is 36.3 Å². The number of para-hydroxylation sites is 1. The summed E-state index contributed by atoms with van der Waals surface area (Å²) in [5.74, 6) is 2.11. The smallest absolute Gasteiger partial charge is 0.134 e. The summed E-state index contributed by atoms with van der Waals surface area (Å²) in [5, 5.41) is 4.61. The van der Waals surface area contributed by atoms with E-state index in [-0.39, 0.29) is 0 Å². The molecule has 0 atom stereocenters. The standard InChI is InChI=1S/C17H21N3O/c1-3-17-19-9-10-20(17)12-16-14(11-18-4-2)13-7-5-6-8-15(13)21-16/h5-10,18H,3-4,11-12H2,1-2H3. The summed E-state index contributed by atoms with van der Waals surface area (Å²) < 4.78 is 8.24. The van der Waals surface area contributed by atoms with Crippen molar-refractivity contribution in [2.75, 3.05) is 6.54 Å². The number of nitrogens with zero attached hydrogens (tertiary/aromatic N) is 2. The number of benzene rings is 1. The number of fused-ring (bicyclic) bond motifs is 1. The van der Waals surface area contributed by atoms with Crippen LogP contribution in [0.2, 0.25) is 0 Å². The van der Waals surface area contributed by atoms with Crippen molar-refractivity contribution in [2.45, 2.75) is 33.4 Å². The molecule has 4 heteroatoms. The van der Waals surface area contributed by atoms with E-state index in [9.17, 15) is 0 Å². The molecule has 2 heterocycles. The molecule has 0 aliphatic carbocycles. The van der Waals surface area contributed by atoms with Gasteiger partial charge in [-0.25, -0.2) is 4.98 Å². The van der Waals surface area contributed by atoms with Crippen molar-refractivity contribution in [1.82, 2.24) is 14.9 Å². The fourth-order valence-electron chi connectivity index (χ4n) is 2.67. The third kappa shape index (κ3) is 2.72. The van der Waals surface area contributed by atoms with E-state index < -0.39 is 0 Å². The molecule has 1 N–H and O–H groups in total. The highest BCUT2D eigenvalue weighted by atomic mass is 16.3. The molecule has 0 saturated carbocycles. The molecule has 0 radical (unpaired) electrons. The minimum atomic E-state index is 0.735. The van der Waals surface area contributed by atoms with Crippen LogP contribution in [0, 0.1) is 0 Å². The van der Waals surface area contributed by atoms with Crippen LogP contribution in [0.5, 0.6) is 0 Å². The van der Waals surface area contributed by atoms with Crippen LogP contribution >= 0.6 is 0 Å². The minimum absolute atomic E-state index is 0.735. The number of rotatable bonds is 6. The van der Waals surface area contributed by atoms with Crippen molar-refractivity contribution in [2.24, 2.45) is 0 Å². The van der Waals surface area contributed by atoms with Crippen LogP contribution in [-0.2, 0) is 19.5 Å². The van der Waals surface area contributed by atoms with Crippen LogP contribution in [0.25, 0.3) is 11.0 Å². The molecule has 0 spiro atoms. The molecule has 0 bridgehead atoms. The summed E-state index contributed by atoms with van der Waals surface area (Å²) >= 11 is 0. The molecule has 0 aliphatic heterocycles. The molecule has 4 nitrogen and oxygen atoms in total. The van der Waals surface area contributed by atoms with E-state index in [2.05, 4.69) is 40.8 Å². The second kappa shape index (κ2) is 6.14. The van der Waals surface area contributed by atoms with E-state index >= 15 is 0 Å². The molecule has 0 saturated heterocycles. The number of furan rings is 1. The summed E-state index contributed by atoms with van der Waals surface area (Å²) in [5.41, 5.74) is 2.21. The molecule has 0 aliphatic rings. The monoisotopic (exact) mass is 283 g/mol. The molecule has 110 valence electrons. The zero-order valence-corrected chi connectivity index (χ0v) is 12.6. The normalized spacial score (nSPS) is 11.3. The molecule has 0 fully saturated rings. The molecule has 2 aromatic heterocycles. The highest BCUT2D eigenvalue weighted by molar-refractivity contribution is 5.82. The van der Waals surface area contributed by atoms with Gasteiger partial charge in [-0.2, -0.15) is 0 Å². The van der Waals surface area contributed by atoms with Gasteiger partial charge in [-0.15, -0.1) is 0 Å². The Morgan fingerprint density at radius 2 is 2.10 bits per heavy atom. The van der Waals surface area contributed by atoms with Gasteiger partial charge in [0.25, 0.3) is 0 Å². The number of aromatic nitrogens is 2. The Bertz CT molecular complexity index is 727. The summed E-state index contributed by atoms with van der Waals surface area (Å²) in [6.07, 6.45) is 4.80. The highest BCUT2D eigenvalue weighted by Gasteiger charge is 2.14. The number of hydrogen-bond donors (Lipinski definition) is 1. The maximum atomic E-state index is 6.08. The molecule has 21 heavy (non-hydrogen) atoms. The average Bonchev–Trinajstić information content (AvgIpc) is 3.09. The third-order valence-corrected chi connectivity index (χ3v) is 3.77. The van der Waals surface area contributed by atoms with Crippen LogP contribution < -0.4 is 5.32 Å². The Hall–Kier alpha value is -2.07. The second-order valence-corrected chi connectivity index (χ2v) is 5.11. The predicted octanol–water partition coefficient (Wildman–Crippen LogP) is 3.35. The lowest BCUT2D eigenvalue weighted by Crippen LogP contribution is -2.13. The van der Waals surface area contributed by atoms with E-state index in [1.54, 1.807) is 0 Å². The van der Waals surface area contributed by atoms with Crippen LogP contribution in [-0.4, -0.2) is 16.1 Å². The van der Waals surface area contributed by atoms with E-state index in [0.29, 0.717) is 0 Å². The summed E-state index contributed by atoms with van der Waals surface area (Å²) in [4.78, 5) is 4.38. The van der Waals surface area contributed by atoms with Gasteiger partial charge in [0.15, 0.2) is 0 Å². The zero-order chi connectivity index (χ0) is 14.7. The lowest BCUT2D eigenvalue weighted by Gasteiger charge is -2.07. The first kappa shape index (κ1) is 13.9. The highest BCUT2D eigenvalue weighted by Crippen LogP contribution is 2.26. The fraction of sp³-hybridized carbons (Fsp3) is 0.353. The second-order valence-electron chi connectivity index (χ2n) is 5.11. The van der Waals surface area contributed by atoms with E-state index in [1.165, 1.54) is 10.9 Å². The van der Waals surface area contributed by atoms with E-state index in [1.807, 2.05) is 24.5 Å². The molecular formula is C17H21N3O. The maximum absolute atomic E-state index is 6.08. The summed E-state index contributed by atoms with van der Waals surface area (Å²) in [6, 6.07) is 8.24. The first-order chi connectivity index (χ1) is 10.3. The first-order valence-corrected chi connectivity index (χ1v) is 7.53. The summed E-state index contributed by atoms with van der Waals surface area (Å²) in [7, 11) is 0. The Morgan fingerprint density at radius 1 is 1.24 bits per heavy atom. The molecule has 0 amide bonds. The zero-order valence-electron chi connectivity index (χ0n) is 12.6. The van der Waals surface area contributed by atoms with Crippen LogP contribution in [0.3, 0.4) is 0 Å². The van der Waals surface area contributed by atoms with Gasteiger partial charge in [0.1, 0.15) is 17.2 Å². The molecule has 3 rings (SSSR count). The van der Waals surface area contributed by atoms with Gasteiger partial charge in [0.05, 0.1) is 6.54 Å². The Labute approximate surface area is 124 Å². The molecule has 0 unspecified atom stereocenters. The Kier molecular flexibility index (Phi) is 4.06. The van der Waals surface area contributed by atoms with Gasteiger partial charge in [-0.1, -0.05) is 32.0 Å². The first-order valence-electron chi connectivity index (χ1n) is 7.53. The lowest BCUT2D eigenvalue weighted by atomic mass is 10.1. The Balaban J connectivity index is 2.00. The van der Waals surface area contributed by atoms with Crippen molar-refractivity contribution >= 4 is 11.0 Å².